The van der Waals surface area contributed by atoms with Crippen LogP contribution in [0.25, 0.3) is 0 Å². The van der Waals surface area contributed by atoms with Crippen LogP contribution in [0.2, 0.25) is 0 Å². The van der Waals surface area contributed by atoms with Crippen LogP contribution in [0, 0.1) is 40.9 Å². The Morgan fingerprint density at radius 2 is 1.52 bits per heavy atom. The van der Waals surface area contributed by atoms with Crippen molar-refractivity contribution in [1.29, 1.82) is 0 Å². The summed E-state index contributed by atoms with van der Waals surface area (Å²) in [5, 5.41) is 0. The lowest BCUT2D eigenvalue weighted by Gasteiger charge is -2.54. The summed E-state index contributed by atoms with van der Waals surface area (Å²) >= 11 is 0. The molecule has 0 spiro atoms. The first-order valence-corrected chi connectivity index (χ1v) is 9.77. The highest BCUT2D eigenvalue weighted by Gasteiger charge is 2.48. The highest BCUT2D eigenvalue weighted by Crippen LogP contribution is 2.56. The summed E-state index contributed by atoms with van der Waals surface area (Å²) in [4.78, 5) is 0. The summed E-state index contributed by atoms with van der Waals surface area (Å²) in [5.74, 6) is 5.12. The third-order valence-electron chi connectivity index (χ3n) is 6.63. The number of hydrogen-bond acceptors (Lipinski definition) is 0. The minimum absolute atomic E-state index is 0.561. The predicted molar refractivity (Wildman–Crippen MR) is 96.5 cm³/mol. The maximum atomic E-state index is 2.52. The Hall–Kier alpha value is 0. The molecule has 0 heteroatoms. The van der Waals surface area contributed by atoms with E-state index in [9.17, 15) is 0 Å². The van der Waals surface area contributed by atoms with E-state index in [4.69, 9.17) is 0 Å². The van der Waals surface area contributed by atoms with E-state index in [0.29, 0.717) is 5.41 Å². The highest BCUT2D eigenvalue weighted by molar-refractivity contribution is 4.97. The Balaban J connectivity index is 3.29. The zero-order chi connectivity index (χ0) is 16.2. The van der Waals surface area contributed by atoms with Gasteiger partial charge in [-0.2, -0.15) is 0 Å². The Morgan fingerprint density at radius 1 is 0.952 bits per heavy atom. The number of rotatable bonds is 5. The Bertz CT molecular complexity index is 280. The van der Waals surface area contributed by atoms with E-state index in [1.54, 1.807) is 0 Å². The third-order valence-corrected chi connectivity index (χ3v) is 6.63. The van der Waals surface area contributed by atoms with E-state index in [2.05, 4.69) is 55.4 Å². The van der Waals surface area contributed by atoms with Gasteiger partial charge in [0.15, 0.2) is 0 Å². The lowest BCUT2D eigenvalue weighted by molar-refractivity contribution is -0.0588. The van der Waals surface area contributed by atoms with Crippen LogP contribution < -0.4 is 0 Å². The molecule has 1 aliphatic carbocycles. The zero-order valence-electron chi connectivity index (χ0n) is 16.2. The van der Waals surface area contributed by atoms with Gasteiger partial charge in [-0.25, -0.2) is 0 Å². The van der Waals surface area contributed by atoms with Gasteiger partial charge in [-0.05, 0) is 53.8 Å². The summed E-state index contributed by atoms with van der Waals surface area (Å²) in [6, 6.07) is 0. The van der Waals surface area contributed by atoms with Gasteiger partial charge in [-0.15, -0.1) is 0 Å². The monoisotopic (exact) mass is 294 g/mol. The van der Waals surface area contributed by atoms with Crippen molar-refractivity contribution < 1.29 is 0 Å². The SMILES string of the molecule is CCC1CC(C)CCCCC1(C(C)C)C(C(C)C)C(C)C. The molecule has 1 saturated carbocycles. The average molecular weight is 295 g/mol. The molecule has 126 valence electrons. The van der Waals surface area contributed by atoms with Gasteiger partial charge in [0.2, 0.25) is 0 Å². The van der Waals surface area contributed by atoms with Crippen LogP contribution in [-0.2, 0) is 0 Å². The fourth-order valence-electron chi connectivity index (χ4n) is 6.09. The molecule has 1 aliphatic rings. The van der Waals surface area contributed by atoms with Crippen molar-refractivity contribution in [2.24, 2.45) is 40.9 Å². The summed E-state index contributed by atoms with van der Waals surface area (Å²) in [6.07, 6.45) is 8.67. The van der Waals surface area contributed by atoms with Crippen LogP contribution in [0.1, 0.15) is 93.9 Å². The van der Waals surface area contributed by atoms with Crippen LogP contribution in [0.5, 0.6) is 0 Å². The topological polar surface area (TPSA) is 0 Å². The van der Waals surface area contributed by atoms with Crippen molar-refractivity contribution >= 4 is 0 Å². The summed E-state index contributed by atoms with van der Waals surface area (Å²) in [7, 11) is 0. The molecule has 3 atom stereocenters. The van der Waals surface area contributed by atoms with Gasteiger partial charge in [-0.1, -0.05) is 81.1 Å². The van der Waals surface area contributed by atoms with Crippen LogP contribution in [-0.4, -0.2) is 0 Å². The fraction of sp³-hybridized carbons (Fsp3) is 1.00. The Morgan fingerprint density at radius 3 is 1.95 bits per heavy atom. The lowest BCUT2D eigenvalue weighted by atomic mass is 9.50. The van der Waals surface area contributed by atoms with Gasteiger partial charge in [0.05, 0.1) is 0 Å². The molecule has 0 saturated heterocycles. The van der Waals surface area contributed by atoms with Crippen LogP contribution in [0.4, 0.5) is 0 Å². The minimum atomic E-state index is 0.561. The quantitative estimate of drug-likeness (QED) is 0.503. The van der Waals surface area contributed by atoms with Crippen LogP contribution >= 0.6 is 0 Å². The molecule has 0 aromatic rings. The molecule has 0 aromatic heterocycles. The maximum Gasteiger partial charge on any atom is -0.0213 e. The molecule has 3 unspecified atom stereocenters. The summed E-state index contributed by atoms with van der Waals surface area (Å²) < 4.78 is 0. The second-order valence-electron chi connectivity index (χ2n) is 8.97. The molecular weight excluding hydrogens is 252 g/mol. The van der Waals surface area contributed by atoms with Crippen LogP contribution in [0.15, 0.2) is 0 Å². The van der Waals surface area contributed by atoms with E-state index < -0.39 is 0 Å². The molecule has 0 aromatic carbocycles. The molecule has 21 heavy (non-hydrogen) atoms. The zero-order valence-corrected chi connectivity index (χ0v) is 16.2. The Labute approximate surface area is 135 Å². The van der Waals surface area contributed by atoms with E-state index in [-0.39, 0.29) is 0 Å². The minimum Gasteiger partial charge on any atom is -0.0651 e. The first-order valence-electron chi connectivity index (χ1n) is 9.77. The normalized spacial score (nSPS) is 32.0. The van der Waals surface area contributed by atoms with Crippen molar-refractivity contribution in [3.63, 3.8) is 0 Å². The fourth-order valence-corrected chi connectivity index (χ4v) is 6.09. The third kappa shape index (κ3) is 4.05. The van der Waals surface area contributed by atoms with Gasteiger partial charge in [0.25, 0.3) is 0 Å². The second kappa shape index (κ2) is 8.02. The molecule has 0 bridgehead atoms. The molecule has 0 radical (unpaired) electrons. The Kier molecular flexibility index (Phi) is 7.28. The summed E-state index contributed by atoms with van der Waals surface area (Å²) in [5.41, 5.74) is 0.561. The molecule has 0 amide bonds. The molecule has 0 heterocycles. The van der Waals surface area contributed by atoms with Gasteiger partial charge in [0, 0.05) is 0 Å². The smallest absolute Gasteiger partial charge is 0.0213 e. The van der Waals surface area contributed by atoms with E-state index in [0.717, 1.165) is 35.5 Å². The van der Waals surface area contributed by atoms with Crippen LogP contribution in [0.3, 0.4) is 0 Å². The lowest BCUT2D eigenvalue weighted by Crippen LogP contribution is -2.48. The van der Waals surface area contributed by atoms with Crippen molar-refractivity contribution in [1.82, 2.24) is 0 Å². The maximum absolute atomic E-state index is 2.52. The molecule has 0 aliphatic heterocycles. The second-order valence-corrected chi connectivity index (χ2v) is 8.97. The summed E-state index contributed by atoms with van der Waals surface area (Å²) in [6.45, 7) is 19.9. The van der Waals surface area contributed by atoms with Crippen molar-refractivity contribution in [2.45, 2.75) is 93.9 Å². The van der Waals surface area contributed by atoms with Gasteiger partial charge in [0.1, 0.15) is 0 Å². The van der Waals surface area contributed by atoms with E-state index in [1.165, 1.54) is 38.5 Å². The predicted octanol–water partition coefficient (Wildman–Crippen LogP) is 7.18. The van der Waals surface area contributed by atoms with Crippen molar-refractivity contribution in [2.75, 3.05) is 0 Å². The first-order chi connectivity index (χ1) is 9.77. The molecule has 0 N–H and O–H groups in total. The molecular formula is C21H42. The largest absolute Gasteiger partial charge is 0.0651 e. The van der Waals surface area contributed by atoms with Gasteiger partial charge >= 0.3 is 0 Å². The molecule has 0 nitrogen and oxygen atoms in total. The average Bonchev–Trinajstić information content (AvgIpc) is 2.35. The molecule has 1 fully saturated rings. The highest BCUT2D eigenvalue weighted by atomic mass is 14.5. The van der Waals surface area contributed by atoms with E-state index >= 15 is 0 Å². The van der Waals surface area contributed by atoms with Crippen molar-refractivity contribution in [3.8, 4) is 0 Å². The van der Waals surface area contributed by atoms with Gasteiger partial charge < -0.3 is 0 Å². The standard InChI is InChI=1S/C21H42/c1-9-19-14-18(8)12-10-11-13-21(19,17(6)7)20(15(2)3)16(4)5/h15-20H,9-14H2,1-8H3. The van der Waals surface area contributed by atoms with Gasteiger partial charge in [-0.3, -0.25) is 0 Å². The molecule has 1 rings (SSSR count). The number of hydrogen-bond donors (Lipinski definition) is 0. The van der Waals surface area contributed by atoms with Crippen molar-refractivity contribution in [3.05, 3.63) is 0 Å². The first kappa shape index (κ1) is 19.0. The van der Waals surface area contributed by atoms with E-state index in [1.807, 2.05) is 0 Å².